The number of nitrogens with one attached hydrogen (secondary N) is 2. The van der Waals surface area contributed by atoms with E-state index < -0.39 is 11.7 Å². The Balaban J connectivity index is 1.34. The molecule has 0 saturated carbocycles. The van der Waals surface area contributed by atoms with Gasteiger partial charge >= 0.3 is 6.18 Å². The minimum Gasteiger partial charge on any atom is -0.345 e. The maximum Gasteiger partial charge on any atom is 0.417 e. The van der Waals surface area contributed by atoms with Crippen molar-refractivity contribution >= 4 is 11.0 Å². The van der Waals surface area contributed by atoms with Crippen molar-refractivity contribution in [3.63, 3.8) is 0 Å². The Hall–Kier alpha value is -3.12. The Morgan fingerprint density at radius 3 is 2.33 bits per heavy atom. The highest BCUT2D eigenvalue weighted by Gasteiger charge is 2.34. The van der Waals surface area contributed by atoms with Gasteiger partial charge in [-0.1, -0.05) is 48.5 Å². The second kappa shape index (κ2) is 7.29. The fraction of sp³-hybridized carbons (Fsp3) is 0.208. The largest absolute Gasteiger partial charge is 0.417 e. The summed E-state index contributed by atoms with van der Waals surface area (Å²) < 4.78 is 40.8. The van der Waals surface area contributed by atoms with Crippen LogP contribution in [0.4, 0.5) is 13.2 Å². The van der Waals surface area contributed by atoms with E-state index in [1.54, 1.807) is 12.1 Å². The first-order valence-electron chi connectivity index (χ1n) is 9.91. The predicted molar refractivity (Wildman–Crippen MR) is 111 cm³/mol. The molecule has 1 aliphatic rings. The van der Waals surface area contributed by atoms with Crippen LogP contribution >= 0.6 is 0 Å². The van der Waals surface area contributed by atoms with E-state index in [0.717, 1.165) is 24.5 Å². The van der Waals surface area contributed by atoms with Gasteiger partial charge in [-0.05, 0) is 52.8 Å². The van der Waals surface area contributed by atoms with Crippen LogP contribution in [0.15, 0.2) is 67.0 Å². The number of aromatic amines is 1. The van der Waals surface area contributed by atoms with Gasteiger partial charge in [-0.15, -0.1) is 0 Å². The molecule has 1 heterocycles. The molecule has 0 radical (unpaired) electrons. The molecule has 0 spiro atoms. The lowest BCUT2D eigenvalue weighted by molar-refractivity contribution is -0.137. The van der Waals surface area contributed by atoms with E-state index in [2.05, 4.69) is 39.6 Å². The van der Waals surface area contributed by atoms with Gasteiger partial charge in [0.05, 0.1) is 22.9 Å². The van der Waals surface area contributed by atoms with Gasteiger partial charge in [-0.2, -0.15) is 13.2 Å². The highest BCUT2D eigenvalue weighted by Crippen LogP contribution is 2.39. The zero-order chi connectivity index (χ0) is 20.7. The Bertz CT molecular complexity index is 1170. The summed E-state index contributed by atoms with van der Waals surface area (Å²) in [5.41, 5.74) is 4.74. The molecule has 4 aromatic rings. The third-order valence-electron chi connectivity index (χ3n) is 5.78. The summed E-state index contributed by atoms with van der Waals surface area (Å²) in [6.07, 6.45) is -1.02. The first kappa shape index (κ1) is 18.9. The second-order valence-electron chi connectivity index (χ2n) is 7.77. The molecule has 6 heteroatoms. The van der Waals surface area contributed by atoms with E-state index in [4.69, 9.17) is 0 Å². The molecule has 0 unspecified atom stereocenters. The van der Waals surface area contributed by atoms with Gasteiger partial charge in [-0.25, -0.2) is 4.98 Å². The number of H-pyrrole nitrogens is 1. The molecule has 0 bridgehead atoms. The van der Waals surface area contributed by atoms with Gasteiger partial charge in [-0.3, -0.25) is 0 Å². The minimum absolute atomic E-state index is 0.146. The maximum atomic E-state index is 13.6. The molecule has 0 saturated heterocycles. The highest BCUT2D eigenvalue weighted by atomic mass is 19.4. The molecule has 0 fully saturated rings. The van der Waals surface area contributed by atoms with Crippen LogP contribution in [0.3, 0.4) is 0 Å². The van der Waals surface area contributed by atoms with E-state index in [1.165, 1.54) is 23.5 Å². The molecule has 152 valence electrons. The van der Waals surface area contributed by atoms with Crippen molar-refractivity contribution in [2.24, 2.45) is 0 Å². The average Bonchev–Trinajstić information content (AvgIpc) is 3.37. The number of hydrogen-bond donors (Lipinski definition) is 2. The Morgan fingerprint density at radius 1 is 0.967 bits per heavy atom. The van der Waals surface area contributed by atoms with Crippen molar-refractivity contribution in [1.82, 2.24) is 15.3 Å². The van der Waals surface area contributed by atoms with Gasteiger partial charge in [0, 0.05) is 12.6 Å². The molecular weight excluding hydrogens is 387 g/mol. The van der Waals surface area contributed by atoms with E-state index in [9.17, 15) is 13.2 Å². The van der Waals surface area contributed by atoms with Crippen LogP contribution in [0.2, 0.25) is 0 Å². The number of nitrogens with zero attached hydrogens (tertiary/aromatic N) is 1. The lowest BCUT2D eigenvalue weighted by Crippen LogP contribution is -2.28. The zero-order valence-electron chi connectivity index (χ0n) is 16.1. The molecule has 3 nitrogen and oxygen atoms in total. The number of aromatic nitrogens is 2. The smallest absolute Gasteiger partial charge is 0.345 e. The molecule has 30 heavy (non-hydrogen) atoms. The Morgan fingerprint density at radius 2 is 1.67 bits per heavy atom. The number of halogens is 3. The number of alkyl halides is 3. The summed E-state index contributed by atoms with van der Waals surface area (Å²) in [6, 6.07) is 18.8. The Labute approximate surface area is 172 Å². The summed E-state index contributed by atoms with van der Waals surface area (Å²) in [5.74, 6) is 0. The van der Waals surface area contributed by atoms with Gasteiger partial charge in [0.1, 0.15) is 0 Å². The number of fused-ring (bicyclic) bond motifs is 2. The SMILES string of the molecule is FC(F)(F)c1cc2[nH]cnc2cc1-c1ccc(CNC2Cc3ccccc3C2)cc1. The first-order valence-corrected chi connectivity index (χ1v) is 9.91. The lowest BCUT2D eigenvalue weighted by Gasteiger charge is -2.15. The van der Waals surface area contributed by atoms with Crippen LogP contribution in [0, 0.1) is 0 Å². The molecule has 0 amide bonds. The molecule has 1 aliphatic carbocycles. The highest BCUT2D eigenvalue weighted by molar-refractivity contribution is 5.84. The van der Waals surface area contributed by atoms with E-state index in [-0.39, 0.29) is 5.56 Å². The minimum atomic E-state index is -4.44. The molecule has 5 rings (SSSR count). The summed E-state index contributed by atoms with van der Waals surface area (Å²) in [5, 5.41) is 3.57. The van der Waals surface area contributed by atoms with E-state index >= 15 is 0 Å². The van der Waals surface area contributed by atoms with Crippen LogP contribution in [0.5, 0.6) is 0 Å². The van der Waals surface area contributed by atoms with Crippen molar-refractivity contribution in [1.29, 1.82) is 0 Å². The van der Waals surface area contributed by atoms with Crippen LogP contribution in [-0.2, 0) is 25.6 Å². The Kier molecular flexibility index (Phi) is 4.59. The van der Waals surface area contributed by atoms with Gasteiger partial charge in [0.15, 0.2) is 0 Å². The fourth-order valence-electron chi connectivity index (χ4n) is 4.22. The third-order valence-corrected chi connectivity index (χ3v) is 5.78. The molecule has 2 N–H and O–H groups in total. The normalized spacial score (nSPS) is 14.4. The number of hydrogen-bond acceptors (Lipinski definition) is 2. The topological polar surface area (TPSA) is 40.7 Å². The van der Waals surface area contributed by atoms with Crippen molar-refractivity contribution in [3.05, 3.63) is 89.2 Å². The van der Waals surface area contributed by atoms with Crippen molar-refractivity contribution in [2.45, 2.75) is 31.6 Å². The van der Waals surface area contributed by atoms with Crippen LogP contribution in [0.25, 0.3) is 22.2 Å². The van der Waals surface area contributed by atoms with Gasteiger partial charge in [0.25, 0.3) is 0 Å². The lowest BCUT2D eigenvalue weighted by atomic mass is 9.97. The third kappa shape index (κ3) is 3.59. The van der Waals surface area contributed by atoms with Crippen molar-refractivity contribution in [2.75, 3.05) is 0 Å². The molecule has 0 aliphatic heterocycles. The predicted octanol–water partition coefficient (Wildman–Crippen LogP) is 5.51. The van der Waals surface area contributed by atoms with E-state index in [1.807, 2.05) is 12.1 Å². The van der Waals surface area contributed by atoms with E-state index in [0.29, 0.717) is 29.2 Å². The fourth-order valence-corrected chi connectivity index (χ4v) is 4.22. The average molecular weight is 407 g/mol. The number of rotatable bonds is 4. The van der Waals surface area contributed by atoms with Crippen LogP contribution in [0.1, 0.15) is 22.3 Å². The summed E-state index contributed by atoms with van der Waals surface area (Å²) in [7, 11) is 0. The monoisotopic (exact) mass is 407 g/mol. The number of imidazole rings is 1. The zero-order valence-corrected chi connectivity index (χ0v) is 16.1. The van der Waals surface area contributed by atoms with Crippen LogP contribution in [-0.4, -0.2) is 16.0 Å². The molecule has 1 aromatic heterocycles. The quantitative estimate of drug-likeness (QED) is 0.469. The molecular formula is C24H20F3N3. The standard InChI is InChI=1S/C24H20F3N3/c25-24(26,27)21-12-23-22(29-14-30-23)11-20(21)16-7-5-15(6-8-16)13-28-19-9-17-3-1-2-4-18(17)10-19/h1-8,11-12,14,19,28H,9-10,13H2,(H,29,30). The second-order valence-corrected chi connectivity index (χ2v) is 7.77. The van der Waals surface area contributed by atoms with Crippen molar-refractivity contribution < 1.29 is 13.2 Å². The molecule has 3 aromatic carbocycles. The van der Waals surface area contributed by atoms with Gasteiger partial charge < -0.3 is 10.3 Å². The first-order chi connectivity index (χ1) is 14.5. The summed E-state index contributed by atoms with van der Waals surface area (Å²) in [6.45, 7) is 0.684. The summed E-state index contributed by atoms with van der Waals surface area (Å²) in [4.78, 5) is 6.85. The molecule has 0 atom stereocenters. The number of benzene rings is 3. The maximum absolute atomic E-state index is 13.6. The van der Waals surface area contributed by atoms with Crippen molar-refractivity contribution in [3.8, 4) is 11.1 Å². The summed E-state index contributed by atoms with van der Waals surface area (Å²) >= 11 is 0. The van der Waals surface area contributed by atoms with Gasteiger partial charge in [0.2, 0.25) is 0 Å². The van der Waals surface area contributed by atoms with Crippen LogP contribution < -0.4 is 5.32 Å².